The molecule has 0 saturated carbocycles. The minimum absolute atomic E-state index is 0. The molecule has 0 aliphatic heterocycles. The van der Waals surface area contributed by atoms with E-state index in [9.17, 15) is 14.7 Å². The average molecular weight is 170 g/mol. The van der Waals surface area contributed by atoms with Gasteiger partial charge in [-0.25, -0.2) is 0 Å². The largest absolute Gasteiger partial charge is 1.00 e. The van der Waals surface area contributed by atoms with E-state index in [1.807, 2.05) is 0 Å². The van der Waals surface area contributed by atoms with Crippen LogP contribution in [0.25, 0.3) is 0 Å². The van der Waals surface area contributed by atoms with Crippen molar-refractivity contribution in [2.75, 3.05) is 0 Å². The van der Waals surface area contributed by atoms with Crippen LogP contribution in [-0.4, -0.2) is 22.4 Å². The molecular formula is C4H7NaO4Si. The Balaban J connectivity index is 0. The molecule has 0 aliphatic rings. The molecule has 0 spiro atoms. The van der Waals surface area contributed by atoms with Gasteiger partial charge in [-0.3, -0.25) is 4.79 Å². The van der Waals surface area contributed by atoms with Crippen LogP contribution in [0.2, 0.25) is 0 Å². The van der Waals surface area contributed by atoms with Gasteiger partial charge in [-0.2, -0.15) is 0 Å². The predicted octanol–water partition coefficient (Wildman–Crippen LogP) is -5.66. The first kappa shape index (κ1) is 12.8. The maximum atomic E-state index is 10.2. The van der Waals surface area contributed by atoms with Gasteiger partial charge in [-0.05, 0) is 6.42 Å². The Bertz CT molecular complexity index is 126. The van der Waals surface area contributed by atoms with Crippen LogP contribution in [0, 0.1) is 0 Å². The number of hydrogen-bond donors (Lipinski definition) is 0. The minimum atomic E-state index is -1.22. The zero-order valence-corrected chi connectivity index (χ0v) is 10.0. The molecule has 0 bridgehead atoms. The predicted molar refractivity (Wildman–Crippen MR) is 30.3 cm³/mol. The molecule has 10 heavy (non-hydrogen) atoms. The number of carbonyl (C=O) groups excluding carboxylic acids is 2. The monoisotopic (exact) mass is 170 g/mol. The molecule has 4 nitrogen and oxygen atoms in total. The van der Waals surface area contributed by atoms with Gasteiger partial charge >= 0.3 is 29.6 Å². The normalized spacial score (nSPS) is 8.00. The third-order valence-electron chi connectivity index (χ3n) is 0.761. The maximum Gasteiger partial charge on any atom is 1.00 e. The van der Waals surface area contributed by atoms with Crippen LogP contribution in [0.5, 0.6) is 0 Å². The van der Waals surface area contributed by atoms with Gasteiger partial charge in [0.15, 0.2) is 0 Å². The number of carbonyl (C=O) groups is 2. The summed E-state index contributed by atoms with van der Waals surface area (Å²) in [5, 5.41) is 9.71. The van der Waals surface area contributed by atoms with E-state index in [2.05, 4.69) is 4.43 Å². The minimum Gasteiger partial charge on any atom is -0.550 e. The molecule has 0 aromatic carbocycles. The van der Waals surface area contributed by atoms with Crippen LogP contribution in [0.1, 0.15) is 12.8 Å². The Morgan fingerprint density at radius 1 is 1.40 bits per heavy atom. The molecule has 0 fully saturated rings. The van der Waals surface area contributed by atoms with Gasteiger partial charge < -0.3 is 14.3 Å². The first-order valence-electron chi connectivity index (χ1n) is 2.43. The molecule has 0 aliphatic carbocycles. The molecule has 0 radical (unpaired) electrons. The molecule has 0 N–H and O–H groups in total. The Labute approximate surface area is 83.8 Å². The number of carboxylic acids is 1. The van der Waals surface area contributed by atoms with E-state index in [1.165, 1.54) is 0 Å². The van der Waals surface area contributed by atoms with Crippen molar-refractivity contribution in [3.63, 3.8) is 0 Å². The van der Waals surface area contributed by atoms with Gasteiger partial charge in [-0.1, -0.05) is 0 Å². The number of aliphatic carboxylic acids is 1. The standard InChI is InChI=1S/C4H8O4Si.Na/c5-3(6)1-2-4(7)8-9;/h1-2H2,9H3,(H,5,6);/q;+1/p-1. The summed E-state index contributed by atoms with van der Waals surface area (Å²) in [7, 11) is 0.320. The first-order valence-corrected chi connectivity index (χ1v) is 3.25. The average Bonchev–Trinajstić information content (AvgIpc) is 1.83. The number of rotatable bonds is 3. The van der Waals surface area contributed by atoms with Crippen molar-refractivity contribution in [2.45, 2.75) is 12.8 Å². The molecule has 0 atom stereocenters. The van der Waals surface area contributed by atoms with Crippen molar-refractivity contribution in [2.24, 2.45) is 0 Å². The fourth-order valence-electron chi connectivity index (χ4n) is 0.306. The van der Waals surface area contributed by atoms with Gasteiger partial charge in [-0.15, -0.1) is 0 Å². The van der Waals surface area contributed by atoms with Crippen LogP contribution >= 0.6 is 0 Å². The molecule has 0 aromatic heterocycles. The number of hydrogen-bond acceptors (Lipinski definition) is 4. The summed E-state index contributed by atoms with van der Waals surface area (Å²) < 4.78 is 4.31. The fourth-order valence-corrected chi connectivity index (χ4v) is 0.510. The summed E-state index contributed by atoms with van der Waals surface area (Å²) in [5.74, 6) is -1.69. The van der Waals surface area contributed by atoms with Crippen LogP contribution < -0.4 is 34.7 Å². The summed E-state index contributed by atoms with van der Waals surface area (Å²) in [6, 6.07) is 0. The van der Waals surface area contributed by atoms with Crippen molar-refractivity contribution < 1.29 is 48.7 Å². The third kappa shape index (κ3) is 8.16. The first-order chi connectivity index (χ1) is 4.16. The maximum absolute atomic E-state index is 10.2. The molecule has 6 heteroatoms. The molecule has 0 aromatic rings. The van der Waals surface area contributed by atoms with Gasteiger partial charge in [0, 0.05) is 12.4 Å². The molecule has 0 amide bonds. The van der Waals surface area contributed by atoms with Crippen LogP contribution in [0.15, 0.2) is 0 Å². The Morgan fingerprint density at radius 3 is 2.20 bits per heavy atom. The summed E-state index contributed by atoms with van der Waals surface area (Å²) in [5.41, 5.74) is 0. The second-order valence-corrected chi connectivity index (χ2v) is 1.86. The van der Waals surface area contributed by atoms with Crippen molar-refractivity contribution in [1.29, 1.82) is 0 Å². The smallest absolute Gasteiger partial charge is 0.550 e. The summed E-state index contributed by atoms with van der Waals surface area (Å²) >= 11 is 0. The van der Waals surface area contributed by atoms with Crippen LogP contribution in [0.4, 0.5) is 0 Å². The topological polar surface area (TPSA) is 66.4 Å². The van der Waals surface area contributed by atoms with E-state index in [0.29, 0.717) is 10.5 Å². The molecule has 52 valence electrons. The second-order valence-electron chi connectivity index (χ2n) is 1.45. The van der Waals surface area contributed by atoms with Gasteiger partial charge in [0.2, 0.25) is 10.5 Å². The van der Waals surface area contributed by atoms with E-state index in [1.54, 1.807) is 0 Å². The number of carboxylic acid groups (broad SMARTS) is 1. The van der Waals surface area contributed by atoms with Crippen LogP contribution in [0.3, 0.4) is 0 Å². The van der Waals surface area contributed by atoms with Gasteiger partial charge in [0.25, 0.3) is 5.97 Å². The van der Waals surface area contributed by atoms with Crippen molar-refractivity contribution >= 4 is 22.4 Å². The Kier molecular flexibility index (Phi) is 9.30. The second kappa shape index (κ2) is 7.27. The Hall–Kier alpha value is 0.157. The summed E-state index contributed by atoms with van der Waals surface area (Å²) in [6.45, 7) is 0. The van der Waals surface area contributed by atoms with Crippen molar-refractivity contribution in [1.82, 2.24) is 0 Å². The molecule has 0 saturated heterocycles. The SMILES string of the molecule is O=C([O-])CCC(=O)O[SiH3].[Na+]. The molecule has 0 rings (SSSR count). The van der Waals surface area contributed by atoms with E-state index < -0.39 is 11.9 Å². The van der Waals surface area contributed by atoms with Crippen molar-refractivity contribution in [3.8, 4) is 0 Å². The molecule has 0 heterocycles. The summed E-state index contributed by atoms with van der Waals surface area (Å²) in [4.78, 5) is 19.9. The zero-order valence-electron chi connectivity index (χ0n) is 6.05. The Morgan fingerprint density at radius 2 is 1.90 bits per heavy atom. The van der Waals surface area contributed by atoms with Gasteiger partial charge in [0.1, 0.15) is 0 Å². The quantitative estimate of drug-likeness (QED) is 0.396. The van der Waals surface area contributed by atoms with Crippen LogP contribution in [-0.2, 0) is 14.0 Å². The summed E-state index contributed by atoms with van der Waals surface area (Å²) in [6.07, 6.45) is -0.326. The zero-order chi connectivity index (χ0) is 7.28. The van der Waals surface area contributed by atoms with E-state index in [-0.39, 0.29) is 42.4 Å². The molecular weight excluding hydrogens is 163 g/mol. The fraction of sp³-hybridized carbons (Fsp3) is 0.500. The van der Waals surface area contributed by atoms with Crippen molar-refractivity contribution in [3.05, 3.63) is 0 Å². The van der Waals surface area contributed by atoms with E-state index >= 15 is 0 Å². The third-order valence-corrected chi connectivity index (χ3v) is 1.22. The van der Waals surface area contributed by atoms with E-state index in [0.717, 1.165) is 0 Å². The molecule has 0 unspecified atom stereocenters. The van der Waals surface area contributed by atoms with Gasteiger partial charge in [0.05, 0.1) is 0 Å². The van der Waals surface area contributed by atoms with E-state index in [4.69, 9.17) is 0 Å².